The largest absolute Gasteiger partial charge is 0.369 e. The predicted octanol–water partition coefficient (Wildman–Crippen LogP) is 5.38. The maximum absolute atomic E-state index is 14.3. The number of nitrogens with zero attached hydrogens (tertiary/aromatic N) is 4. The third-order valence-corrected chi connectivity index (χ3v) is 10.3. The van der Waals surface area contributed by atoms with Crippen molar-refractivity contribution in [2.75, 3.05) is 58.3 Å². The maximum atomic E-state index is 14.3. The molecule has 6 rings (SSSR count). The lowest BCUT2D eigenvalue weighted by atomic mass is 9.95. The van der Waals surface area contributed by atoms with Crippen LogP contribution in [-0.2, 0) is 42.1 Å². The van der Waals surface area contributed by atoms with Gasteiger partial charge in [0.2, 0.25) is 11.8 Å². The summed E-state index contributed by atoms with van der Waals surface area (Å²) in [6.45, 7) is 7.11. The van der Waals surface area contributed by atoms with Crippen LogP contribution >= 0.6 is 11.6 Å². The van der Waals surface area contributed by atoms with E-state index in [9.17, 15) is 9.59 Å². The molecule has 4 aromatic rings. The van der Waals surface area contributed by atoms with Crippen LogP contribution in [0, 0.1) is 0 Å². The zero-order valence-corrected chi connectivity index (χ0v) is 30.7. The minimum Gasteiger partial charge on any atom is -0.369 e. The molecule has 1 saturated heterocycles. The molecule has 2 atom stereocenters. The average molecular weight is 707 g/mol. The maximum Gasteiger partial charge on any atom is 0.245 e. The Balaban J connectivity index is 1.14. The molecule has 4 aromatic carbocycles. The molecule has 0 aliphatic carbocycles. The van der Waals surface area contributed by atoms with Gasteiger partial charge in [0, 0.05) is 76.0 Å². The van der Waals surface area contributed by atoms with E-state index >= 15 is 0 Å². The number of carbonyl (C=O) groups is 2. The Labute approximate surface area is 308 Å². The second kappa shape index (κ2) is 17.8. The number of benzene rings is 4. The molecule has 9 heteroatoms. The second-order valence-corrected chi connectivity index (χ2v) is 14.5. The van der Waals surface area contributed by atoms with Crippen molar-refractivity contribution in [3.05, 3.63) is 136 Å². The van der Waals surface area contributed by atoms with Crippen molar-refractivity contribution in [2.24, 2.45) is 0 Å². The molecule has 0 spiro atoms. The first-order chi connectivity index (χ1) is 24.8. The van der Waals surface area contributed by atoms with Gasteiger partial charge < -0.3 is 25.3 Å². The van der Waals surface area contributed by atoms with E-state index in [0.29, 0.717) is 37.5 Å². The van der Waals surface area contributed by atoms with Crippen molar-refractivity contribution in [3.63, 3.8) is 0 Å². The number of fused-ring (bicyclic) bond motifs is 1. The quantitative estimate of drug-likeness (QED) is 0.195. The van der Waals surface area contributed by atoms with Crippen LogP contribution in [0.2, 0.25) is 5.02 Å². The van der Waals surface area contributed by atoms with Crippen molar-refractivity contribution in [1.82, 2.24) is 25.3 Å². The van der Waals surface area contributed by atoms with Gasteiger partial charge in [0.25, 0.3) is 0 Å². The van der Waals surface area contributed by atoms with Gasteiger partial charge in [-0.3, -0.25) is 14.5 Å². The van der Waals surface area contributed by atoms with E-state index in [1.165, 1.54) is 27.9 Å². The van der Waals surface area contributed by atoms with Gasteiger partial charge in [0.1, 0.15) is 6.04 Å². The predicted molar refractivity (Wildman–Crippen MR) is 207 cm³/mol. The Morgan fingerprint density at radius 3 is 2.31 bits per heavy atom. The molecule has 2 amide bonds. The summed E-state index contributed by atoms with van der Waals surface area (Å²) in [6, 6.07) is 34.1. The summed E-state index contributed by atoms with van der Waals surface area (Å²) in [5.41, 5.74) is 7.17. The summed E-state index contributed by atoms with van der Waals surface area (Å²) in [6.07, 6.45) is 1.84. The number of hydrogen-bond acceptors (Lipinski definition) is 6. The van der Waals surface area contributed by atoms with Crippen molar-refractivity contribution < 1.29 is 9.59 Å². The molecule has 0 saturated carbocycles. The molecule has 51 heavy (non-hydrogen) atoms. The summed E-state index contributed by atoms with van der Waals surface area (Å²) < 4.78 is 0. The molecule has 1 fully saturated rings. The van der Waals surface area contributed by atoms with Crippen LogP contribution in [0.3, 0.4) is 0 Å². The van der Waals surface area contributed by atoms with Gasteiger partial charge in [-0.15, -0.1) is 0 Å². The summed E-state index contributed by atoms with van der Waals surface area (Å²) in [4.78, 5) is 37.2. The van der Waals surface area contributed by atoms with E-state index in [-0.39, 0.29) is 11.8 Å². The summed E-state index contributed by atoms with van der Waals surface area (Å²) in [7, 11) is 4.24. The van der Waals surface area contributed by atoms with E-state index in [0.717, 1.165) is 51.3 Å². The van der Waals surface area contributed by atoms with Gasteiger partial charge in [0.05, 0.1) is 6.04 Å². The highest BCUT2D eigenvalue weighted by molar-refractivity contribution is 6.30. The highest BCUT2D eigenvalue weighted by atomic mass is 35.5. The number of anilines is 1. The topological polar surface area (TPSA) is 71.2 Å². The summed E-state index contributed by atoms with van der Waals surface area (Å²) in [5, 5.41) is 7.19. The Morgan fingerprint density at radius 1 is 0.804 bits per heavy atom. The van der Waals surface area contributed by atoms with E-state index in [2.05, 4.69) is 106 Å². The Morgan fingerprint density at radius 2 is 1.53 bits per heavy atom. The number of carbonyl (C=O) groups excluding carboxylic acids is 2. The van der Waals surface area contributed by atoms with Crippen LogP contribution in [0.25, 0.3) is 0 Å². The first kappa shape index (κ1) is 36.6. The molecule has 2 unspecified atom stereocenters. The fraction of sp³-hybridized carbons (Fsp3) is 0.381. The first-order valence-corrected chi connectivity index (χ1v) is 18.6. The third-order valence-electron chi connectivity index (χ3n) is 10.0. The zero-order valence-electron chi connectivity index (χ0n) is 29.9. The molecular weight excluding hydrogens is 656 g/mol. The first-order valence-electron chi connectivity index (χ1n) is 18.2. The second-order valence-electron chi connectivity index (χ2n) is 14.1. The van der Waals surface area contributed by atoms with Crippen molar-refractivity contribution in [1.29, 1.82) is 0 Å². The third kappa shape index (κ3) is 10.2. The number of halogens is 1. The Kier molecular flexibility index (Phi) is 12.8. The zero-order chi connectivity index (χ0) is 35.6. The molecule has 2 N–H and O–H groups in total. The van der Waals surface area contributed by atoms with E-state index < -0.39 is 12.1 Å². The van der Waals surface area contributed by atoms with E-state index in [4.69, 9.17) is 11.6 Å². The van der Waals surface area contributed by atoms with Crippen molar-refractivity contribution in [2.45, 2.75) is 51.0 Å². The van der Waals surface area contributed by atoms with E-state index in [1.807, 2.05) is 41.3 Å². The minimum absolute atomic E-state index is 0.0395. The normalized spacial score (nSPS) is 16.8. The average Bonchev–Trinajstić information content (AvgIpc) is 3.41. The minimum atomic E-state index is -0.681. The van der Waals surface area contributed by atoms with Crippen molar-refractivity contribution >= 4 is 29.1 Å². The molecular formula is C42H51ClN6O2. The van der Waals surface area contributed by atoms with Crippen LogP contribution in [0.5, 0.6) is 0 Å². The van der Waals surface area contributed by atoms with E-state index in [1.54, 1.807) is 0 Å². The standard InChI is InChI=1S/C42H51ClN6O2/c1-46(2)23-24-47(30-33-11-4-3-5-12-33)31-36-15-8-9-16-40(36)48-21-10-22-49(26-25-48)42(51)39(27-32-17-19-37(43)20-18-32)45-41(50)38-28-34-13-6-7-14-35(34)29-44-38/h3-9,11-20,38-39,44H,10,21-31H2,1-2H3,(H,45,50). The smallest absolute Gasteiger partial charge is 0.245 e. The van der Waals surface area contributed by atoms with Crippen LogP contribution in [0.1, 0.15) is 34.2 Å². The lowest BCUT2D eigenvalue weighted by molar-refractivity contribution is -0.136. The fourth-order valence-corrected chi connectivity index (χ4v) is 7.28. The molecule has 2 aliphatic rings. The molecule has 0 aromatic heterocycles. The lowest BCUT2D eigenvalue weighted by Crippen LogP contribution is -2.56. The number of para-hydroxylation sites is 1. The van der Waals surface area contributed by atoms with Crippen LogP contribution in [0.15, 0.2) is 103 Å². The molecule has 0 radical (unpaired) electrons. The summed E-state index contributed by atoms with van der Waals surface area (Å²) >= 11 is 6.18. The number of hydrogen-bond donors (Lipinski definition) is 2. The fourth-order valence-electron chi connectivity index (χ4n) is 7.16. The monoisotopic (exact) mass is 706 g/mol. The van der Waals surface area contributed by atoms with Gasteiger partial charge in [0.15, 0.2) is 0 Å². The lowest BCUT2D eigenvalue weighted by Gasteiger charge is -2.31. The number of rotatable bonds is 13. The van der Waals surface area contributed by atoms with Gasteiger partial charge in [-0.2, -0.15) is 0 Å². The number of likely N-dealkylation sites (N-methyl/N-ethyl adjacent to an activating group) is 1. The molecule has 2 heterocycles. The summed E-state index contributed by atoms with van der Waals surface area (Å²) in [5.74, 6) is -0.182. The highest BCUT2D eigenvalue weighted by Crippen LogP contribution is 2.25. The Bertz CT molecular complexity index is 1730. The molecule has 268 valence electrons. The Hall–Kier alpha value is -4.21. The van der Waals surface area contributed by atoms with Gasteiger partial charge in [-0.05, 0) is 73.0 Å². The number of amides is 2. The van der Waals surface area contributed by atoms with Crippen LogP contribution < -0.4 is 15.5 Å². The van der Waals surface area contributed by atoms with Crippen LogP contribution in [0.4, 0.5) is 5.69 Å². The van der Waals surface area contributed by atoms with Crippen molar-refractivity contribution in [3.8, 4) is 0 Å². The SMILES string of the molecule is CN(C)CCN(Cc1ccccc1)Cc1ccccc1N1CCCN(C(=O)C(Cc2ccc(Cl)cc2)NC(=O)C2Cc3ccccc3CN2)CC1. The molecule has 2 aliphatic heterocycles. The molecule has 0 bridgehead atoms. The highest BCUT2D eigenvalue weighted by Gasteiger charge is 2.32. The van der Waals surface area contributed by atoms with Gasteiger partial charge >= 0.3 is 0 Å². The van der Waals surface area contributed by atoms with Gasteiger partial charge in [-0.1, -0.05) is 96.5 Å². The van der Waals surface area contributed by atoms with Crippen LogP contribution in [-0.4, -0.2) is 92.0 Å². The van der Waals surface area contributed by atoms with Gasteiger partial charge in [-0.25, -0.2) is 0 Å². The molecule has 8 nitrogen and oxygen atoms in total. The number of nitrogens with one attached hydrogen (secondary N) is 2.